The average molecular weight is 419 g/mol. The van der Waals surface area contributed by atoms with Crippen molar-refractivity contribution in [1.29, 1.82) is 0 Å². The maximum Gasteiger partial charge on any atom is 0.321 e. The maximum absolute atomic E-state index is 12.4. The van der Waals surface area contributed by atoms with Gasteiger partial charge in [0.25, 0.3) is 5.91 Å². The summed E-state index contributed by atoms with van der Waals surface area (Å²) in [5, 5.41) is 1.71. The van der Waals surface area contributed by atoms with Crippen LogP contribution in [0.3, 0.4) is 0 Å². The zero-order valence-corrected chi connectivity index (χ0v) is 17.4. The Bertz CT molecular complexity index is 995. The Hall–Kier alpha value is -2.45. The van der Waals surface area contributed by atoms with Crippen LogP contribution in [0, 0.1) is 11.8 Å². The summed E-state index contributed by atoms with van der Waals surface area (Å²) in [6.45, 7) is 4.56. The minimum Gasteiger partial charge on any atom is -0.455 e. The molecular formula is C21H26N2O5S. The van der Waals surface area contributed by atoms with Gasteiger partial charge >= 0.3 is 5.97 Å². The number of carbonyl (C=O) groups is 2. The van der Waals surface area contributed by atoms with Gasteiger partial charge in [-0.15, -0.1) is 0 Å². The highest BCUT2D eigenvalue weighted by Crippen LogP contribution is 2.21. The van der Waals surface area contributed by atoms with Gasteiger partial charge in [0.1, 0.15) is 6.54 Å². The number of nitrogens with one attached hydrogen (secondary N) is 1. The van der Waals surface area contributed by atoms with E-state index in [1.165, 1.54) is 6.07 Å². The van der Waals surface area contributed by atoms with Crippen LogP contribution in [-0.4, -0.2) is 51.4 Å². The zero-order valence-electron chi connectivity index (χ0n) is 16.6. The van der Waals surface area contributed by atoms with E-state index in [1.54, 1.807) is 17.0 Å². The molecule has 29 heavy (non-hydrogen) atoms. The highest BCUT2D eigenvalue weighted by molar-refractivity contribution is 7.89. The molecule has 0 aromatic heterocycles. The maximum atomic E-state index is 12.4. The lowest BCUT2D eigenvalue weighted by Crippen LogP contribution is -2.44. The molecule has 1 aliphatic rings. The number of nitrogens with zero attached hydrogens (tertiary/aromatic N) is 1. The van der Waals surface area contributed by atoms with Crippen LogP contribution in [0.5, 0.6) is 0 Å². The predicted octanol–water partition coefficient (Wildman–Crippen LogP) is 2.17. The summed E-state index contributed by atoms with van der Waals surface area (Å²) >= 11 is 0. The van der Waals surface area contributed by atoms with Gasteiger partial charge in [-0.05, 0) is 41.2 Å². The molecule has 156 valence electrons. The molecule has 0 radical (unpaired) electrons. The largest absolute Gasteiger partial charge is 0.455 e. The highest BCUT2D eigenvalue weighted by atomic mass is 32.2. The molecule has 1 saturated heterocycles. The van der Waals surface area contributed by atoms with E-state index in [-0.39, 0.29) is 17.4 Å². The molecule has 1 amide bonds. The minimum absolute atomic E-state index is 0.0661. The van der Waals surface area contributed by atoms with E-state index < -0.39 is 22.5 Å². The molecule has 1 heterocycles. The summed E-state index contributed by atoms with van der Waals surface area (Å²) in [5.74, 6) is -0.228. The van der Waals surface area contributed by atoms with Gasteiger partial charge in [-0.3, -0.25) is 9.59 Å². The lowest BCUT2D eigenvalue weighted by atomic mass is 9.92. The second kappa shape index (κ2) is 8.92. The van der Waals surface area contributed by atoms with Crippen molar-refractivity contribution in [3.05, 3.63) is 42.5 Å². The molecular weight excluding hydrogens is 392 g/mol. The van der Waals surface area contributed by atoms with Crippen LogP contribution < -0.4 is 4.72 Å². The summed E-state index contributed by atoms with van der Waals surface area (Å²) in [5.41, 5.74) is 0. The van der Waals surface area contributed by atoms with E-state index in [9.17, 15) is 18.0 Å². The van der Waals surface area contributed by atoms with E-state index in [1.807, 2.05) is 24.3 Å². The number of sulfonamides is 1. The molecule has 7 nitrogen and oxygen atoms in total. The van der Waals surface area contributed by atoms with Crippen LogP contribution in [-0.2, 0) is 24.3 Å². The van der Waals surface area contributed by atoms with Crippen molar-refractivity contribution in [1.82, 2.24) is 9.62 Å². The Labute approximate surface area is 171 Å². The van der Waals surface area contributed by atoms with Crippen molar-refractivity contribution in [2.24, 2.45) is 11.8 Å². The SMILES string of the molecule is CC1CC(C)CN(C(=O)COC(=O)CNS(=O)(=O)c2ccc3ccccc3c2)C1. The summed E-state index contributed by atoms with van der Waals surface area (Å²) < 4.78 is 32.1. The number of amides is 1. The number of fused-ring (bicyclic) bond motifs is 1. The monoisotopic (exact) mass is 418 g/mol. The van der Waals surface area contributed by atoms with Gasteiger partial charge < -0.3 is 9.64 Å². The topological polar surface area (TPSA) is 92.8 Å². The molecule has 8 heteroatoms. The average Bonchev–Trinajstić information content (AvgIpc) is 2.69. The Morgan fingerprint density at radius 1 is 1.07 bits per heavy atom. The van der Waals surface area contributed by atoms with Gasteiger partial charge in [0.05, 0.1) is 4.90 Å². The molecule has 0 spiro atoms. The Morgan fingerprint density at radius 2 is 1.72 bits per heavy atom. The Balaban J connectivity index is 1.52. The first kappa shape index (κ1) is 21.3. The fraction of sp³-hybridized carbons (Fsp3) is 0.429. The number of benzene rings is 2. The van der Waals surface area contributed by atoms with Crippen LogP contribution >= 0.6 is 0 Å². The molecule has 3 rings (SSSR count). The van der Waals surface area contributed by atoms with Crippen molar-refractivity contribution in [2.45, 2.75) is 25.2 Å². The van der Waals surface area contributed by atoms with Crippen molar-refractivity contribution in [2.75, 3.05) is 26.2 Å². The van der Waals surface area contributed by atoms with E-state index in [2.05, 4.69) is 18.6 Å². The van der Waals surface area contributed by atoms with Crippen LogP contribution in [0.1, 0.15) is 20.3 Å². The van der Waals surface area contributed by atoms with E-state index >= 15 is 0 Å². The number of rotatable bonds is 6. The standard InChI is InChI=1S/C21H26N2O5S/c1-15-9-16(2)13-23(12-15)20(24)14-28-21(25)11-22-29(26,27)19-8-7-17-5-3-4-6-18(17)10-19/h3-8,10,15-16,22H,9,11-14H2,1-2H3. The van der Waals surface area contributed by atoms with Crippen LogP contribution in [0.2, 0.25) is 0 Å². The number of esters is 1. The van der Waals surface area contributed by atoms with E-state index in [4.69, 9.17) is 4.74 Å². The summed E-state index contributed by atoms with van der Waals surface area (Å²) in [4.78, 5) is 25.9. The molecule has 2 aromatic rings. The second-order valence-electron chi connectivity index (χ2n) is 7.74. The minimum atomic E-state index is -3.87. The van der Waals surface area contributed by atoms with Crippen molar-refractivity contribution in [3.8, 4) is 0 Å². The first-order chi connectivity index (χ1) is 13.7. The fourth-order valence-electron chi connectivity index (χ4n) is 3.72. The molecule has 2 aromatic carbocycles. The van der Waals surface area contributed by atoms with Gasteiger partial charge in [0, 0.05) is 13.1 Å². The molecule has 0 bridgehead atoms. The zero-order chi connectivity index (χ0) is 21.0. The Kier molecular flexibility index (Phi) is 6.54. The van der Waals surface area contributed by atoms with Gasteiger partial charge in [0.2, 0.25) is 10.0 Å². The van der Waals surface area contributed by atoms with Gasteiger partial charge in [0.15, 0.2) is 6.61 Å². The molecule has 0 saturated carbocycles. The summed E-state index contributed by atoms with van der Waals surface area (Å²) in [7, 11) is -3.87. The number of hydrogen-bond acceptors (Lipinski definition) is 5. The highest BCUT2D eigenvalue weighted by Gasteiger charge is 2.26. The van der Waals surface area contributed by atoms with E-state index in [0.717, 1.165) is 17.2 Å². The molecule has 2 atom stereocenters. The van der Waals surface area contributed by atoms with Crippen molar-refractivity contribution >= 4 is 32.7 Å². The van der Waals surface area contributed by atoms with Crippen molar-refractivity contribution in [3.63, 3.8) is 0 Å². The molecule has 1 fully saturated rings. The third kappa shape index (κ3) is 5.55. The lowest BCUT2D eigenvalue weighted by molar-refractivity contribution is -0.152. The Morgan fingerprint density at radius 3 is 2.41 bits per heavy atom. The normalized spacial score (nSPS) is 19.9. The van der Waals surface area contributed by atoms with Gasteiger partial charge in [-0.25, -0.2) is 8.42 Å². The summed E-state index contributed by atoms with van der Waals surface area (Å²) in [6, 6.07) is 12.1. The molecule has 2 unspecified atom stereocenters. The first-order valence-corrected chi connectivity index (χ1v) is 11.1. The van der Waals surface area contributed by atoms with Crippen molar-refractivity contribution < 1.29 is 22.7 Å². The third-order valence-electron chi connectivity index (χ3n) is 5.02. The number of hydrogen-bond donors (Lipinski definition) is 1. The molecule has 0 aliphatic carbocycles. The third-order valence-corrected chi connectivity index (χ3v) is 6.41. The first-order valence-electron chi connectivity index (χ1n) is 9.66. The van der Waals surface area contributed by atoms with Gasteiger partial charge in [-0.1, -0.05) is 44.2 Å². The number of ether oxygens (including phenoxy) is 1. The van der Waals surface area contributed by atoms with E-state index in [0.29, 0.717) is 24.9 Å². The predicted molar refractivity (Wildman–Crippen MR) is 110 cm³/mol. The smallest absolute Gasteiger partial charge is 0.321 e. The number of likely N-dealkylation sites (tertiary alicyclic amines) is 1. The molecule has 1 aliphatic heterocycles. The lowest BCUT2D eigenvalue weighted by Gasteiger charge is -2.34. The van der Waals surface area contributed by atoms with Crippen LogP contribution in [0.4, 0.5) is 0 Å². The second-order valence-corrected chi connectivity index (χ2v) is 9.51. The number of piperidine rings is 1. The fourth-order valence-corrected chi connectivity index (χ4v) is 4.73. The number of carbonyl (C=O) groups excluding carboxylic acids is 2. The van der Waals surface area contributed by atoms with Gasteiger partial charge in [-0.2, -0.15) is 4.72 Å². The summed E-state index contributed by atoms with van der Waals surface area (Å²) in [6.07, 6.45) is 1.07. The van der Waals surface area contributed by atoms with Crippen LogP contribution in [0.15, 0.2) is 47.4 Å². The quantitative estimate of drug-likeness (QED) is 0.726. The van der Waals surface area contributed by atoms with Crippen LogP contribution in [0.25, 0.3) is 10.8 Å². The molecule has 1 N–H and O–H groups in total.